The summed E-state index contributed by atoms with van der Waals surface area (Å²) in [6, 6.07) is 13.8. The van der Waals surface area contributed by atoms with Crippen molar-refractivity contribution in [3.05, 3.63) is 54.2 Å². The summed E-state index contributed by atoms with van der Waals surface area (Å²) in [5.41, 5.74) is 1.32. The fourth-order valence-electron chi connectivity index (χ4n) is 3.07. The van der Waals surface area contributed by atoms with Crippen LogP contribution in [0.2, 0.25) is 0 Å². The standard InChI is InChI=1S/C19H18N2O3/c22-19(21-11-14-7-9-23-12-24-14)17-10-13-4-1-2-5-15(13)16-6-3-8-20-18(16)17/h1-6,8,10,14H,7,9,11-12H2,(H,21,22)/t14-/m0/s1. The number of aromatic nitrogens is 1. The number of fused-ring (bicyclic) bond motifs is 3. The molecule has 3 aromatic rings. The monoisotopic (exact) mass is 322 g/mol. The van der Waals surface area contributed by atoms with Crippen molar-refractivity contribution in [3.8, 4) is 0 Å². The van der Waals surface area contributed by atoms with Gasteiger partial charge in [-0.15, -0.1) is 0 Å². The van der Waals surface area contributed by atoms with Crippen LogP contribution in [0.5, 0.6) is 0 Å². The number of ether oxygens (including phenoxy) is 2. The summed E-state index contributed by atoms with van der Waals surface area (Å²) >= 11 is 0. The van der Waals surface area contributed by atoms with Gasteiger partial charge in [0.2, 0.25) is 0 Å². The van der Waals surface area contributed by atoms with Crippen LogP contribution >= 0.6 is 0 Å². The van der Waals surface area contributed by atoms with Crippen molar-refractivity contribution in [2.75, 3.05) is 19.9 Å². The molecule has 0 spiro atoms. The molecule has 1 fully saturated rings. The van der Waals surface area contributed by atoms with E-state index in [1.54, 1.807) is 6.20 Å². The lowest BCUT2D eigenvalue weighted by molar-refractivity contribution is -0.136. The molecule has 1 aromatic heterocycles. The number of hydrogen-bond acceptors (Lipinski definition) is 4. The van der Waals surface area contributed by atoms with Crippen molar-refractivity contribution in [1.82, 2.24) is 10.3 Å². The number of benzene rings is 2. The molecule has 1 aliphatic heterocycles. The SMILES string of the molecule is O=C(NC[C@@H]1CCOCO1)c1cc2ccccc2c2cccnc12. The lowest BCUT2D eigenvalue weighted by Gasteiger charge is -2.23. The third kappa shape index (κ3) is 2.84. The Morgan fingerprint density at radius 3 is 2.96 bits per heavy atom. The summed E-state index contributed by atoms with van der Waals surface area (Å²) in [5, 5.41) is 6.09. The Morgan fingerprint density at radius 2 is 2.08 bits per heavy atom. The first-order valence-electron chi connectivity index (χ1n) is 8.07. The van der Waals surface area contributed by atoms with Gasteiger partial charge in [-0.25, -0.2) is 0 Å². The number of carbonyl (C=O) groups excluding carboxylic acids is 1. The van der Waals surface area contributed by atoms with E-state index in [2.05, 4.69) is 16.4 Å². The minimum Gasteiger partial charge on any atom is -0.355 e. The third-order valence-electron chi connectivity index (χ3n) is 4.32. The van der Waals surface area contributed by atoms with Crippen LogP contribution in [-0.4, -0.2) is 36.9 Å². The van der Waals surface area contributed by atoms with Crippen molar-refractivity contribution in [1.29, 1.82) is 0 Å². The maximum absolute atomic E-state index is 12.7. The Bertz CT molecular complexity index is 888. The molecule has 0 radical (unpaired) electrons. The van der Waals surface area contributed by atoms with Crippen LogP contribution in [0.15, 0.2) is 48.7 Å². The molecule has 0 bridgehead atoms. The van der Waals surface area contributed by atoms with Crippen molar-refractivity contribution in [2.45, 2.75) is 12.5 Å². The highest BCUT2D eigenvalue weighted by molar-refractivity contribution is 6.15. The summed E-state index contributed by atoms with van der Waals surface area (Å²) < 4.78 is 10.6. The van der Waals surface area contributed by atoms with E-state index in [0.717, 1.165) is 28.1 Å². The van der Waals surface area contributed by atoms with E-state index in [-0.39, 0.29) is 12.0 Å². The summed E-state index contributed by atoms with van der Waals surface area (Å²) in [7, 11) is 0. The van der Waals surface area contributed by atoms with E-state index in [4.69, 9.17) is 9.47 Å². The molecule has 0 unspecified atom stereocenters. The van der Waals surface area contributed by atoms with Gasteiger partial charge < -0.3 is 14.8 Å². The molecule has 1 N–H and O–H groups in total. The fourth-order valence-corrected chi connectivity index (χ4v) is 3.07. The molecular formula is C19H18N2O3. The molecule has 1 atom stereocenters. The normalized spacial score (nSPS) is 17.9. The molecule has 122 valence electrons. The van der Waals surface area contributed by atoms with Gasteiger partial charge in [-0.05, 0) is 29.3 Å². The molecule has 4 rings (SSSR count). The summed E-state index contributed by atoms with van der Waals surface area (Å²) in [6.07, 6.45) is 2.51. The quantitative estimate of drug-likeness (QED) is 0.753. The molecule has 0 aliphatic carbocycles. The van der Waals surface area contributed by atoms with Gasteiger partial charge in [0.1, 0.15) is 6.79 Å². The highest BCUT2D eigenvalue weighted by atomic mass is 16.7. The zero-order valence-corrected chi connectivity index (χ0v) is 13.2. The average Bonchev–Trinajstić information content (AvgIpc) is 2.66. The minimum atomic E-state index is -0.125. The van der Waals surface area contributed by atoms with Crippen molar-refractivity contribution >= 4 is 27.6 Å². The highest BCUT2D eigenvalue weighted by Crippen LogP contribution is 2.27. The smallest absolute Gasteiger partial charge is 0.253 e. The van der Waals surface area contributed by atoms with Crippen LogP contribution in [0.3, 0.4) is 0 Å². The van der Waals surface area contributed by atoms with E-state index in [0.29, 0.717) is 25.5 Å². The molecule has 5 nitrogen and oxygen atoms in total. The van der Waals surface area contributed by atoms with Gasteiger partial charge in [-0.1, -0.05) is 30.3 Å². The topological polar surface area (TPSA) is 60.5 Å². The van der Waals surface area contributed by atoms with E-state index < -0.39 is 0 Å². The van der Waals surface area contributed by atoms with Crippen molar-refractivity contribution < 1.29 is 14.3 Å². The van der Waals surface area contributed by atoms with E-state index in [9.17, 15) is 4.79 Å². The molecule has 24 heavy (non-hydrogen) atoms. The highest BCUT2D eigenvalue weighted by Gasteiger charge is 2.18. The van der Waals surface area contributed by atoms with Gasteiger partial charge in [0.05, 0.1) is 23.8 Å². The zero-order chi connectivity index (χ0) is 16.4. The van der Waals surface area contributed by atoms with E-state index in [1.165, 1.54) is 0 Å². The second kappa shape index (κ2) is 6.55. The third-order valence-corrected chi connectivity index (χ3v) is 4.32. The maximum atomic E-state index is 12.7. The van der Waals surface area contributed by atoms with Crippen LogP contribution in [0.4, 0.5) is 0 Å². The zero-order valence-electron chi connectivity index (χ0n) is 13.2. The number of pyridine rings is 1. The predicted molar refractivity (Wildman–Crippen MR) is 91.9 cm³/mol. The first-order chi connectivity index (χ1) is 11.8. The number of nitrogens with zero attached hydrogens (tertiary/aromatic N) is 1. The largest absolute Gasteiger partial charge is 0.355 e. The second-order valence-corrected chi connectivity index (χ2v) is 5.86. The lowest BCUT2D eigenvalue weighted by atomic mass is 10.0. The summed E-state index contributed by atoms with van der Waals surface area (Å²) in [6.45, 7) is 1.44. The van der Waals surface area contributed by atoms with Gasteiger partial charge in [-0.2, -0.15) is 0 Å². The number of amides is 1. The fraction of sp³-hybridized carbons (Fsp3) is 0.263. The molecule has 2 heterocycles. The number of rotatable bonds is 3. The molecule has 0 saturated carbocycles. The number of hydrogen-bond donors (Lipinski definition) is 1. The Labute approximate surface area is 139 Å². The van der Waals surface area contributed by atoms with Crippen LogP contribution < -0.4 is 5.32 Å². The molecule has 1 amide bonds. The Balaban J connectivity index is 1.67. The Kier molecular flexibility index (Phi) is 4.11. The van der Waals surface area contributed by atoms with Gasteiger partial charge in [-0.3, -0.25) is 9.78 Å². The number of carbonyl (C=O) groups is 1. The first kappa shape index (κ1) is 15.1. The first-order valence-corrected chi connectivity index (χ1v) is 8.07. The van der Waals surface area contributed by atoms with Crippen LogP contribution in [0.25, 0.3) is 21.7 Å². The van der Waals surface area contributed by atoms with Gasteiger partial charge >= 0.3 is 0 Å². The molecule has 1 saturated heterocycles. The van der Waals surface area contributed by atoms with Crippen molar-refractivity contribution in [3.63, 3.8) is 0 Å². The summed E-state index contributed by atoms with van der Waals surface area (Å²) in [4.78, 5) is 17.1. The number of nitrogens with one attached hydrogen (secondary N) is 1. The predicted octanol–water partition coefficient (Wildman–Crippen LogP) is 2.88. The van der Waals surface area contributed by atoms with Gasteiger partial charge in [0, 0.05) is 18.1 Å². The molecule has 5 heteroatoms. The molecule has 1 aliphatic rings. The average molecular weight is 322 g/mol. The maximum Gasteiger partial charge on any atom is 0.253 e. The van der Waals surface area contributed by atoms with Crippen LogP contribution in [0.1, 0.15) is 16.8 Å². The summed E-state index contributed by atoms with van der Waals surface area (Å²) in [5.74, 6) is -0.125. The van der Waals surface area contributed by atoms with Crippen molar-refractivity contribution in [2.24, 2.45) is 0 Å². The van der Waals surface area contributed by atoms with E-state index in [1.807, 2.05) is 36.4 Å². The van der Waals surface area contributed by atoms with Gasteiger partial charge in [0.15, 0.2) is 0 Å². The minimum absolute atomic E-state index is 0.00220. The van der Waals surface area contributed by atoms with Crippen LogP contribution in [-0.2, 0) is 9.47 Å². The van der Waals surface area contributed by atoms with Crippen LogP contribution in [0, 0.1) is 0 Å². The molecule has 2 aromatic carbocycles. The lowest BCUT2D eigenvalue weighted by Crippen LogP contribution is -2.37. The van der Waals surface area contributed by atoms with Gasteiger partial charge in [0.25, 0.3) is 5.91 Å². The Hall–Kier alpha value is -2.50. The second-order valence-electron chi connectivity index (χ2n) is 5.86. The Morgan fingerprint density at radius 1 is 1.21 bits per heavy atom. The molecular weight excluding hydrogens is 304 g/mol. The van der Waals surface area contributed by atoms with E-state index >= 15 is 0 Å².